The molecule has 2 amide bonds. The van der Waals surface area contributed by atoms with Crippen molar-refractivity contribution in [2.24, 2.45) is 0 Å². The molecule has 0 bridgehead atoms. The van der Waals surface area contributed by atoms with Gasteiger partial charge >= 0.3 is 0 Å². The maximum absolute atomic E-state index is 12.5. The van der Waals surface area contributed by atoms with Gasteiger partial charge in [-0.3, -0.25) is 9.59 Å². The molecule has 0 fully saturated rings. The molecule has 2 heterocycles. The molecule has 29 heavy (non-hydrogen) atoms. The topological polar surface area (TPSA) is 85.2 Å². The summed E-state index contributed by atoms with van der Waals surface area (Å²) < 4.78 is 6.82. The first kappa shape index (κ1) is 18.7. The largest absolute Gasteiger partial charge is 0.497 e. The molecule has 1 unspecified atom stereocenters. The second kappa shape index (κ2) is 7.43. The van der Waals surface area contributed by atoms with Crippen LogP contribution in [0.4, 0.5) is 11.5 Å². The van der Waals surface area contributed by atoms with Crippen LogP contribution in [-0.2, 0) is 9.59 Å². The average molecular weight is 390 g/mol. The van der Waals surface area contributed by atoms with E-state index in [-0.39, 0.29) is 18.2 Å². The second-order valence-electron chi connectivity index (χ2n) is 7.11. The molecule has 1 atom stereocenters. The summed E-state index contributed by atoms with van der Waals surface area (Å²) in [7, 11) is 1.62. The number of fused-ring (bicyclic) bond motifs is 1. The Morgan fingerprint density at radius 2 is 1.83 bits per heavy atom. The first-order valence-electron chi connectivity index (χ1n) is 9.37. The number of aryl methyl sites for hydroxylation is 2. The molecule has 1 aromatic heterocycles. The van der Waals surface area contributed by atoms with Gasteiger partial charge in [0.15, 0.2) is 0 Å². The Bertz CT molecular complexity index is 1070. The monoisotopic (exact) mass is 390 g/mol. The fourth-order valence-corrected chi connectivity index (χ4v) is 3.51. The van der Waals surface area contributed by atoms with Crippen LogP contribution in [0, 0.1) is 13.8 Å². The summed E-state index contributed by atoms with van der Waals surface area (Å²) in [5.74, 6) is 0.901. The third-order valence-corrected chi connectivity index (χ3v) is 5.02. The van der Waals surface area contributed by atoms with E-state index in [0.717, 1.165) is 28.1 Å². The summed E-state index contributed by atoms with van der Waals surface area (Å²) in [5.41, 5.74) is 4.38. The summed E-state index contributed by atoms with van der Waals surface area (Å²) >= 11 is 0. The molecule has 3 aromatic rings. The van der Waals surface area contributed by atoms with Crippen LogP contribution in [-0.4, -0.2) is 28.7 Å². The van der Waals surface area contributed by atoms with Gasteiger partial charge in [-0.05, 0) is 43.7 Å². The quantitative estimate of drug-likeness (QED) is 0.696. The van der Waals surface area contributed by atoms with Gasteiger partial charge in [0, 0.05) is 11.3 Å². The normalized spacial score (nSPS) is 15.0. The highest BCUT2D eigenvalue weighted by Gasteiger charge is 2.36. The molecule has 7 heteroatoms. The van der Waals surface area contributed by atoms with Gasteiger partial charge in [-0.1, -0.05) is 29.8 Å². The third kappa shape index (κ3) is 3.59. The van der Waals surface area contributed by atoms with Gasteiger partial charge in [0.05, 0.1) is 19.2 Å². The van der Waals surface area contributed by atoms with Crippen molar-refractivity contribution in [2.45, 2.75) is 26.3 Å². The number of amides is 2. The van der Waals surface area contributed by atoms with Gasteiger partial charge in [-0.25, -0.2) is 4.68 Å². The van der Waals surface area contributed by atoms with E-state index >= 15 is 0 Å². The van der Waals surface area contributed by atoms with Crippen molar-refractivity contribution < 1.29 is 14.3 Å². The zero-order valence-electron chi connectivity index (χ0n) is 16.5. The molecule has 0 saturated heterocycles. The fraction of sp³-hybridized carbons (Fsp3) is 0.227. The summed E-state index contributed by atoms with van der Waals surface area (Å²) in [5, 5.41) is 10.3. The molecule has 7 nitrogen and oxygen atoms in total. The molecule has 0 spiro atoms. The van der Waals surface area contributed by atoms with Crippen LogP contribution >= 0.6 is 0 Å². The molecular weight excluding hydrogens is 368 g/mol. The molecule has 0 aliphatic carbocycles. The van der Waals surface area contributed by atoms with Crippen LogP contribution < -0.4 is 15.4 Å². The van der Waals surface area contributed by atoms with E-state index in [0.29, 0.717) is 11.5 Å². The predicted octanol–water partition coefficient (Wildman–Crippen LogP) is 3.70. The zero-order valence-corrected chi connectivity index (χ0v) is 16.5. The number of benzene rings is 2. The minimum Gasteiger partial charge on any atom is -0.497 e. The summed E-state index contributed by atoms with van der Waals surface area (Å²) in [6.45, 7) is 3.87. The number of rotatable bonds is 5. The Morgan fingerprint density at radius 1 is 1.14 bits per heavy atom. The average Bonchev–Trinajstić information content (AvgIpc) is 3.17. The summed E-state index contributed by atoms with van der Waals surface area (Å²) in [6.07, 6.45) is 0.00980. The number of methoxy groups -OCH3 is 1. The molecule has 2 N–H and O–H groups in total. The number of carbonyl (C=O) groups is 2. The van der Waals surface area contributed by atoms with Gasteiger partial charge in [0.25, 0.3) is 5.91 Å². The molecule has 0 saturated carbocycles. The molecule has 1 aliphatic heterocycles. The van der Waals surface area contributed by atoms with Gasteiger partial charge in [-0.2, -0.15) is 5.10 Å². The first-order valence-corrected chi connectivity index (χ1v) is 9.37. The third-order valence-electron chi connectivity index (χ3n) is 5.02. The lowest BCUT2D eigenvalue weighted by atomic mass is 10.1. The summed E-state index contributed by atoms with van der Waals surface area (Å²) in [4.78, 5) is 25.0. The smallest absolute Gasteiger partial charge is 0.251 e. The summed E-state index contributed by atoms with van der Waals surface area (Å²) in [6, 6.07) is 14.4. The van der Waals surface area contributed by atoms with Crippen LogP contribution in [0.1, 0.15) is 23.7 Å². The fourth-order valence-electron chi connectivity index (χ4n) is 3.51. The lowest BCUT2D eigenvalue weighted by Crippen LogP contribution is -2.23. The second-order valence-corrected chi connectivity index (χ2v) is 7.11. The number of nitrogens with zero attached hydrogens (tertiary/aromatic N) is 2. The van der Waals surface area contributed by atoms with Crippen LogP contribution in [0.3, 0.4) is 0 Å². The van der Waals surface area contributed by atoms with Crippen LogP contribution in [0.25, 0.3) is 11.1 Å². The Morgan fingerprint density at radius 3 is 2.48 bits per heavy atom. The molecule has 1 aliphatic rings. The molecular formula is C22H22N4O3. The van der Waals surface area contributed by atoms with Crippen LogP contribution in [0.2, 0.25) is 0 Å². The van der Waals surface area contributed by atoms with Gasteiger partial charge in [0.1, 0.15) is 17.6 Å². The van der Waals surface area contributed by atoms with E-state index in [4.69, 9.17) is 4.74 Å². The first-order chi connectivity index (χ1) is 14.0. The van der Waals surface area contributed by atoms with E-state index in [9.17, 15) is 9.59 Å². The van der Waals surface area contributed by atoms with Gasteiger partial charge in [-0.15, -0.1) is 0 Å². The number of anilines is 2. The molecule has 0 radical (unpaired) electrons. The lowest BCUT2D eigenvalue weighted by Gasteiger charge is -2.10. The van der Waals surface area contributed by atoms with E-state index in [1.54, 1.807) is 11.8 Å². The number of carbonyl (C=O) groups excluding carboxylic acids is 2. The number of hydrogen-bond donors (Lipinski definition) is 2. The van der Waals surface area contributed by atoms with E-state index < -0.39 is 6.04 Å². The van der Waals surface area contributed by atoms with E-state index in [2.05, 4.69) is 15.7 Å². The minimum atomic E-state index is -0.679. The van der Waals surface area contributed by atoms with Crippen molar-refractivity contribution in [3.63, 3.8) is 0 Å². The number of nitrogens with one attached hydrogen (secondary N) is 2. The standard InChI is InChI=1S/C22H22N4O3/c1-13-4-8-16(9-5-13)23-19(27)12-18-22(28)24-21-20(14(2)25-26(18)21)15-6-10-17(29-3)11-7-15/h4-11,18H,12H2,1-3H3,(H,23,27)(H,24,28). The minimum absolute atomic E-state index is 0.00980. The van der Waals surface area contributed by atoms with Crippen LogP contribution in [0.5, 0.6) is 5.75 Å². The lowest BCUT2D eigenvalue weighted by molar-refractivity contribution is -0.123. The molecule has 2 aromatic carbocycles. The van der Waals surface area contributed by atoms with Gasteiger partial charge in [0.2, 0.25) is 5.91 Å². The zero-order chi connectivity index (χ0) is 20.5. The molecule has 4 rings (SSSR count). The number of ether oxygens (including phenoxy) is 1. The van der Waals surface area contributed by atoms with Gasteiger partial charge < -0.3 is 15.4 Å². The highest BCUT2D eigenvalue weighted by molar-refractivity contribution is 6.04. The van der Waals surface area contributed by atoms with Crippen molar-refractivity contribution in [1.82, 2.24) is 9.78 Å². The number of aromatic nitrogens is 2. The number of hydrogen-bond acceptors (Lipinski definition) is 4. The van der Waals surface area contributed by atoms with Crippen molar-refractivity contribution in [1.29, 1.82) is 0 Å². The van der Waals surface area contributed by atoms with E-state index in [1.807, 2.05) is 62.4 Å². The Kier molecular flexibility index (Phi) is 4.80. The van der Waals surface area contributed by atoms with E-state index in [1.165, 1.54) is 0 Å². The van der Waals surface area contributed by atoms with Crippen molar-refractivity contribution in [3.05, 3.63) is 59.8 Å². The van der Waals surface area contributed by atoms with Crippen molar-refractivity contribution in [3.8, 4) is 16.9 Å². The Balaban J connectivity index is 1.56. The van der Waals surface area contributed by atoms with Crippen molar-refractivity contribution >= 4 is 23.3 Å². The SMILES string of the molecule is COc1ccc(-c2c(C)nn3c2NC(=O)C3CC(=O)Nc2ccc(C)cc2)cc1. The highest BCUT2D eigenvalue weighted by Crippen LogP contribution is 2.38. The predicted molar refractivity (Wildman–Crippen MR) is 111 cm³/mol. The highest BCUT2D eigenvalue weighted by atomic mass is 16.5. The molecule has 148 valence electrons. The Hall–Kier alpha value is -3.61. The van der Waals surface area contributed by atoms with Crippen LogP contribution in [0.15, 0.2) is 48.5 Å². The maximum Gasteiger partial charge on any atom is 0.251 e. The van der Waals surface area contributed by atoms with Crippen molar-refractivity contribution in [2.75, 3.05) is 17.7 Å². The maximum atomic E-state index is 12.5. The Labute approximate surface area is 168 Å².